The Morgan fingerprint density at radius 3 is 2.75 bits per heavy atom. The van der Waals surface area contributed by atoms with Crippen LogP contribution in [0.5, 0.6) is 0 Å². The highest BCUT2D eigenvalue weighted by Gasteiger charge is 2.35. The minimum Gasteiger partial charge on any atom is -0.380 e. The van der Waals surface area contributed by atoms with Crippen molar-refractivity contribution in [1.29, 1.82) is 0 Å². The van der Waals surface area contributed by atoms with Gasteiger partial charge in [-0.2, -0.15) is 0 Å². The molecule has 0 unspecified atom stereocenters. The van der Waals surface area contributed by atoms with Gasteiger partial charge in [0.25, 0.3) is 0 Å². The summed E-state index contributed by atoms with van der Waals surface area (Å²) in [6.07, 6.45) is 6.60. The van der Waals surface area contributed by atoms with Crippen LogP contribution in [0.4, 0.5) is 11.4 Å². The summed E-state index contributed by atoms with van der Waals surface area (Å²) in [6, 6.07) is 6.06. The van der Waals surface area contributed by atoms with Gasteiger partial charge in [0.05, 0.1) is 21.9 Å². The Kier molecular flexibility index (Phi) is 2.47. The fourth-order valence-corrected chi connectivity index (χ4v) is 3.17. The fraction of sp³-hybridized carbons (Fsp3) is 0.538. The van der Waals surface area contributed by atoms with Crippen molar-refractivity contribution < 1.29 is 0 Å². The van der Waals surface area contributed by atoms with Gasteiger partial charge in [0.15, 0.2) is 0 Å². The standard InChI is InChI=1S/C13H17ClN2/c14-10-5-4-6-11-12(10)15-9-13(16-11)7-2-1-3-8-13/h4-6,15-16H,1-3,7-9H2. The molecule has 2 N–H and O–H groups in total. The Labute approximate surface area is 101 Å². The molecule has 1 heterocycles. The molecule has 0 amide bonds. The molecular formula is C13H17ClN2. The summed E-state index contributed by atoms with van der Waals surface area (Å²) in [4.78, 5) is 0. The summed E-state index contributed by atoms with van der Waals surface area (Å²) >= 11 is 6.17. The first-order valence-corrected chi connectivity index (χ1v) is 6.48. The zero-order valence-electron chi connectivity index (χ0n) is 9.35. The van der Waals surface area contributed by atoms with Crippen molar-refractivity contribution in [2.24, 2.45) is 0 Å². The average Bonchev–Trinajstić information content (AvgIpc) is 2.30. The molecular weight excluding hydrogens is 220 g/mol. The summed E-state index contributed by atoms with van der Waals surface area (Å²) in [5.74, 6) is 0. The average molecular weight is 237 g/mol. The first-order chi connectivity index (χ1) is 7.79. The Balaban J connectivity index is 1.91. The van der Waals surface area contributed by atoms with Gasteiger partial charge in [-0.1, -0.05) is 36.9 Å². The Morgan fingerprint density at radius 1 is 1.12 bits per heavy atom. The van der Waals surface area contributed by atoms with Crippen LogP contribution in [-0.2, 0) is 0 Å². The molecule has 1 spiro atoms. The highest BCUT2D eigenvalue weighted by molar-refractivity contribution is 6.34. The number of benzene rings is 1. The quantitative estimate of drug-likeness (QED) is 0.714. The van der Waals surface area contributed by atoms with E-state index in [-0.39, 0.29) is 5.54 Å². The van der Waals surface area contributed by atoms with Gasteiger partial charge in [-0.25, -0.2) is 0 Å². The molecule has 3 heteroatoms. The van der Waals surface area contributed by atoms with Gasteiger partial charge < -0.3 is 10.6 Å². The van der Waals surface area contributed by atoms with Gasteiger partial charge in [0.1, 0.15) is 0 Å². The van der Waals surface area contributed by atoms with Crippen molar-refractivity contribution in [3.8, 4) is 0 Å². The van der Waals surface area contributed by atoms with E-state index < -0.39 is 0 Å². The molecule has 2 nitrogen and oxygen atoms in total. The van der Waals surface area contributed by atoms with Crippen LogP contribution < -0.4 is 10.6 Å². The SMILES string of the molecule is Clc1cccc2c1NCC1(CCCCC1)N2. The molecule has 0 aromatic heterocycles. The second-order valence-electron chi connectivity index (χ2n) is 4.98. The lowest BCUT2D eigenvalue weighted by atomic mass is 9.80. The van der Waals surface area contributed by atoms with E-state index in [4.69, 9.17) is 11.6 Å². The van der Waals surface area contributed by atoms with Crippen molar-refractivity contribution in [3.63, 3.8) is 0 Å². The summed E-state index contributed by atoms with van der Waals surface area (Å²) in [5, 5.41) is 8.02. The van der Waals surface area contributed by atoms with Crippen LogP contribution in [0.25, 0.3) is 0 Å². The maximum absolute atomic E-state index is 6.17. The smallest absolute Gasteiger partial charge is 0.0766 e. The number of halogens is 1. The van der Waals surface area contributed by atoms with Crippen molar-refractivity contribution in [3.05, 3.63) is 23.2 Å². The molecule has 0 bridgehead atoms. The minimum absolute atomic E-state index is 0.274. The van der Waals surface area contributed by atoms with Crippen molar-refractivity contribution >= 4 is 23.0 Å². The van der Waals surface area contributed by atoms with E-state index in [2.05, 4.69) is 16.7 Å². The number of fused-ring (bicyclic) bond motifs is 1. The van der Waals surface area contributed by atoms with Crippen molar-refractivity contribution in [2.45, 2.75) is 37.6 Å². The first kappa shape index (κ1) is 10.3. The predicted octanol–water partition coefficient (Wildman–Crippen LogP) is 3.88. The molecule has 3 rings (SSSR count). The third-order valence-corrected chi connectivity index (χ3v) is 4.14. The summed E-state index contributed by atoms with van der Waals surface area (Å²) < 4.78 is 0. The molecule has 0 saturated heterocycles. The van der Waals surface area contributed by atoms with Gasteiger partial charge in [-0.15, -0.1) is 0 Å². The van der Waals surface area contributed by atoms with Crippen LogP contribution in [0.1, 0.15) is 32.1 Å². The fourth-order valence-electron chi connectivity index (χ4n) is 2.93. The highest BCUT2D eigenvalue weighted by atomic mass is 35.5. The van der Waals surface area contributed by atoms with E-state index in [9.17, 15) is 0 Å². The van der Waals surface area contributed by atoms with E-state index in [1.54, 1.807) is 0 Å². The molecule has 1 aromatic carbocycles. The largest absolute Gasteiger partial charge is 0.380 e. The Hall–Kier alpha value is -0.890. The van der Waals surface area contributed by atoms with Crippen LogP contribution in [0.3, 0.4) is 0 Å². The van der Waals surface area contributed by atoms with Crippen LogP contribution in [-0.4, -0.2) is 12.1 Å². The predicted molar refractivity (Wildman–Crippen MR) is 69.4 cm³/mol. The van der Waals surface area contributed by atoms with E-state index in [1.807, 2.05) is 12.1 Å². The third-order valence-electron chi connectivity index (χ3n) is 3.83. The van der Waals surface area contributed by atoms with Gasteiger partial charge in [0.2, 0.25) is 0 Å². The van der Waals surface area contributed by atoms with Crippen LogP contribution in [0.15, 0.2) is 18.2 Å². The lowest BCUT2D eigenvalue weighted by Crippen LogP contribution is -2.49. The minimum atomic E-state index is 0.274. The van der Waals surface area contributed by atoms with Gasteiger partial charge in [-0.05, 0) is 25.0 Å². The number of rotatable bonds is 0. The Bertz CT molecular complexity index is 397. The van der Waals surface area contributed by atoms with E-state index in [0.717, 1.165) is 17.3 Å². The molecule has 1 aliphatic heterocycles. The van der Waals surface area contributed by atoms with E-state index >= 15 is 0 Å². The van der Waals surface area contributed by atoms with Crippen molar-refractivity contribution in [1.82, 2.24) is 0 Å². The second kappa shape index (κ2) is 3.85. The molecule has 1 fully saturated rings. The summed E-state index contributed by atoms with van der Waals surface area (Å²) in [5.41, 5.74) is 2.51. The maximum Gasteiger partial charge on any atom is 0.0766 e. The summed E-state index contributed by atoms with van der Waals surface area (Å²) in [6.45, 7) is 1.00. The van der Waals surface area contributed by atoms with E-state index in [0.29, 0.717) is 0 Å². The first-order valence-electron chi connectivity index (χ1n) is 6.10. The zero-order chi connectivity index (χ0) is 11.0. The lowest BCUT2D eigenvalue weighted by Gasteiger charge is -2.43. The number of para-hydroxylation sites is 1. The molecule has 0 atom stereocenters. The molecule has 1 aromatic rings. The summed E-state index contributed by atoms with van der Waals surface area (Å²) in [7, 11) is 0. The van der Waals surface area contributed by atoms with Gasteiger partial charge >= 0.3 is 0 Å². The third kappa shape index (κ3) is 1.65. The molecule has 86 valence electrons. The zero-order valence-corrected chi connectivity index (χ0v) is 10.1. The van der Waals surface area contributed by atoms with E-state index in [1.165, 1.54) is 37.8 Å². The molecule has 2 aliphatic rings. The number of nitrogens with one attached hydrogen (secondary N) is 2. The number of anilines is 2. The Morgan fingerprint density at radius 2 is 1.94 bits per heavy atom. The number of hydrogen-bond donors (Lipinski definition) is 2. The molecule has 0 radical (unpaired) electrons. The van der Waals surface area contributed by atoms with Gasteiger partial charge in [-0.3, -0.25) is 0 Å². The monoisotopic (exact) mass is 236 g/mol. The molecule has 1 saturated carbocycles. The topological polar surface area (TPSA) is 24.1 Å². The van der Waals surface area contributed by atoms with Gasteiger partial charge in [0, 0.05) is 6.54 Å². The van der Waals surface area contributed by atoms with Crippen molar-refractivity contribution in [2.75, 3.05) is 17.2 Å². The van der Waals surface area contributed by atoms with Crippen LogP contribution in [0.2, 0.25) is 5.02 Å². The lowest BCUT2D eigenvalue weighted by molar-refractivity contribution is 0.334. The normalized spacial score (nSPS) is 22.1. The molecule has 1 aliphatic carbocycles. The number of hydrogen-bond acceptors (Lipinski definition) is 2. The van der Waals surface area contributed by atoms with Crippen LogP contribution in [0, 0.1) is 0 Å². The molecule has 16 heavy (non-hydrogen) atoms. The maximum atomic E-state index is 6.17. The highest BCUT2D eigenvalue weighted by Crippen LogP contribution is 2.40. The van der Waals surface area contributed by atoms with Crippen LogP contribution >= 0.6 is 11.6 Å². The second-order valence-corrected chi connectivity index (χ2v) is 5.39.